The van der Waals surface area contributed by atoms with Gasteiger partial charge in [0, 0.05) is 37.3 Å². The molecule has 4 rings (SSSR count). The number of nitrogens with zero attached hydrogens (tertiary/aromatic N) is 3. The molecule has 2 fully saturated rings. The highest BCUT2D eigenvalue weighted by molar-refractivity contribution is 5.87. The van der Waals surface area contributed by atoms with Crippen LogP contribution in [0.2, 0.25) is 0 Å². The maximum atomic E-state index is 5.60. The first-order valence-corrected chi connectivity index (χ1v) is 6.73. The summed E-state index contributed by atoms with van der Waals surface area (Å²) >= 11 is 0. The zero-order valence-electron chi connectivity index (χ0n) is 10.4. The predicted molar refractivity (Wildman–Crippen MR) is 70.8 cm³/mol. The summed E-state index contributed by atoms with van der Waals surface area (Å²) in [5.41, 5.74) is 0.934. The number of furan rings is 1. The van der Waals surface area contributed by atoms with Crippen LogP contribution in [-0.4, -0.2) is 42.1 Å². The molecule has 0 N–H and O–H groups in total. The van der Waals surface area contributed by atoms with Gasteiger partial charge in [-0.25, -0.2) is 4.98 Å². The van der Waals surface area contributed by atoms with Crippen LogP contribution in [0.3, 0.4) is 0 Å². The van der Waals surface area contributed by atoms with Gasteiger partial charge >= 0.3 is 0 Å². The van der Waals surface area contributed by atoms with Gasteiger partial charge in [-0.2, -0.15) is 0 Å². The molecule has 4 heterocycles. The Bertz CT molecular complexity index is 565. The first-order chi connectivity index (χ1) is 8.92. The van der Waals surface area contributed by atoms with Crippen molar-refractivity contribution in [2.24, 2.45) is 0 Å². The molecule has 4 heteroatoms. The summed E-state index contributed by atoms with van der Waals surface area (Å²) in [6.45, 7) is 4.58. The van der Waals surface area contributed by atoms with Gasteiger partial charge in [-0.15, -0.1) is 0 Å². The topological polar surface area (TPSA) is 32.5 Å². The molecule has 0 aliphatic carbocycles. The summed E-state index contributed by atoms with van der Waals surface area (Å²) in [5.74, 6) is 1.02. The summed E-state index contributed by atoms with van der Waals surface area (Å²) in [6, 6.07) is 4.73. The molecule has 0 spiro atoms. The highest BCUT2D eigenvalue weighted by atomic mass is 16.3. The summed E-state index contributed by atoms with van der Waals surface area (Å²) in [4.78, 5) is 9.53. The standard InChI is InChI=1S/C14H17N3O/c1-2-12-10-17(8-7-16(12)6-1)14-13-11(3-5-15-14)4-9-18-13/h3-5,9,12H,1-2,6-8,10H2. The fourth-order valence-electron chi connectivity index (χ4n) is 3.29. The van der Waals surface area contributed by atoms with Gasteiger partial charge in [0.25, 0.3) is 0 Å². The average molecular weight is 243 g/mol. The smallest absolute Gasteiger partial charge is 0.176 e. The number of rotatable bonds is 1. The molecule has 2 saturated heterocycles. The van der Waals surface area contributed by atoms with Gasteiger partial charge in [-0.1, -0.05) is 0 Å². The van der Waals surface area contributed by atoms with Crippen molar-refractivity contribution in [3.63, 3.8) is 0 Å². The third kappa shape index (κ3) is 1.52. The number of pyridine rings is 1. The Morgan fingerprint density at radius 1 is 1.22 bits per heavy atom. The van der Waals surface area contributed by atoms with Gasteiger partial charge in [0.05, 0.1) is 6.26 Å². The van der Waals surface area contributed by atoms with Crippen LogP contribution >= 0.6 is 0 Å². The molecule has 4 nitrogen and oxygen atoms in total. The van der Waals surface area contributed by atoms with Gasteiger partial charge in [0.1, 0.15) is 0 Å². The lowest BCUT2D eigenvalue weighted by atomic mass is 10.1. The average Bonchev–Trinajstić information content (AvgIpc) is 3.05. The summed E-state index contributed by atoms with van der Waals surface area (Å²) in [7, 11) is 0. The number of hydrogen-bond acceptors (Lipinski definition) is 4. The van der Waals surface area contributed by atoms with Crippen LogP contribution in [0.4, 0.5) is 5.82 Å². The number of fused-ring (bicyclic) bond motifs is 2. The van der Waals surface area contributed by atoms with E-state index in [0.717, 1.165) is 36.4 Å². The minimum Gasteiger partial charge on any atom is -0.460 e. The molecule has 2 aliphatic heterocycles. The Labute approximate surface area is 106 Å². The van der Waals surface area contributed by atoms with Crippen molar-refractivity contribution < 1.29 is 4.42 Å². The van der Waals surface area contributed by atoms with Gasteiger partial charge in [0.2, 0.25) is 0 Å². The van der Waals surface area contributed by atoms with Crippen LogP contribution < -0.4 is 4.90 Å². The largest absolute Gasteiger partial charge is 0.460 e. The Balaban J connectivity index is 1.68. The Hall–Kier alpha value is -1.55. The van der Waals surface area contributed by atoms with Crippen molar-refractivity contribution in [2.45, 2.75) is 18.9 Å². The molecule has 0 saturated carbocycles. The molecular formula is C14H17N3O. The van der Waals surface area contributed by atoms with Crippen molar-refractivity contribution in [3.8, 4) is 0 Å². The molecule has 2 aliphatic rings. The van der Waals surface area contributed by atoms with E-state index >= 15 is 0 Å². The molecule has 0 bridgehead atoms. The van der Waals surface area contributed by atoms with E-state index in [4.69, 9.17) is 4.42 Å². The van der Waals surface area contributed by atoms with Crippen LogP contribution in [0.1, 0.15) is 12.8 Å². The molecule has 2 aromatic heterocycles. The van der Waals surface area contributed by atoms with E-state index in [1.54, 1.807) is 6.26 Å². The Morgan fingerprint density at radius 2 is 2.22 bits per heavy atom. The van der Waals surface area contributed by atoms with Gasteiger partial charge in [-0.05, 0) is 31.5 Å². The van der Waals surface area contributed by atoms with Gasteiger partial charge in [0.15, 0.2) is 11.4 Å². The first kappa shape index (κ1) is 10.4. The lowest BCUT2D eigenvalue weighted by molar-refractivity contribution is 0.230. The van der Waals surface area contributed by atoms with Crippen molar-refractivity contribution in [1.29, 1.82) is 0 Å². The second-order valence-corrected chi connectivity index (χ2v) is 5.25. The molecule has 0 aromatic carbocycles. The Kier molecular flexibility index (Phi) is 2.30. The number of piperazine rings is 1. The summed E-state index contributed by atoms with van der Waals surface area (Å²) in [5, 5.41) is 1.15. The molecule has 0 amide bonds. The van der Waals surface area contributed by atoms with Crippen LogP contribution in [0.5, 0.6) is 0 Å². The van der Waals surface area contributed by atoms with E-state index in [1.165, 1.54) is 19.4 Å². The molecule has 1 unspecified atom stereocenters. The highest BCUT2D eigenvalue weighted by Crippen LogP contribution is 2.29. The zero-order chi connectivity index (χ0) is 11.9. The molecule has 18 heavy (non-hydrogen) atoms. The minimum atomic E-state index is 0.714. The number of hydrogen-bond donors (Lipinski definition) is 0. The van der Waals surface area contributed by atoms with E-state index in [-0.39, 0.29) is 0 Å². The van der Waals surface area contributed by atoms with Gasteiger partial charge < -0.3 is 9.32 Å². The molecule has 1 atom stereocenters. The maximum absolute atomic E-state index is 5.60. The fraction of sp³-hybridized carbons (Fsp3) is 0.500. The zero-order valence-corrected chi connectivity index (χ0v) is 10.4. The lowest BCUT2D eigenvalue weighted by Crippen LogP contribution is -2.50. The normalized spacial score (nSPS) is 24.7. The van der Waals surface area contributed by atoms with Crippen molar-refractivity contribution in [3.05, 3.63) is 24.6 Å². The first-order valence-electron chi connectivity index (χ1n) is 6.73. The Morgan fingerprint density at radius 3 is 3.22 bits per heavy atom. The van der Waals surface area contributed by atoms with Crippen LogP contribution in [-0.2, 0) is 0 Å². The monoisotopic (exact) mass is 243 g/mol. The number of aromatic nitrogens is 1. The van der Waals surface area contributed by atoms with Crippen molar-refractivity contribution in [2.75, 3.05) is 31.1 Å². The van der Waals surface area contributed by atoms with E-state index in [0.29, 0.717) is 6.04 Å². The minimum absolute atomic E-state index is 0.714. The maximum Gasteiger partial charge on any atom is 0.176 e. The summed E-state index contributed by atoms with van der Waals surface area (Å²) in [6.07, 6.45) is 6.30. The van der Waals surface area contributed by atoms with Gasteiger partial charge in [-0.3, -0.25) is 4.90 Å². The fourth-order valence-corrected chi connectivity index (χ4v) is 3.29. The molecule has 0 radical (unpaired) electrons. The van der Waals surface area contributed by atoms with Crippen LogP contribution in [0.25, 0.3) is 11.0 Å². The van der Waals surface area contributed by atoms with E-state index in [2.05, 4.69) is 14.8 Å². The van der Waals surface area contributed by atoms with Crippen molar-refractivity contribution in [1.82, 2.24) is 9.88 Å². The highest BCUT2D eigenvalue weighted by Gasteiger charge is 2.31. The molecular weight excluding hydrogens is 226 g/mol. The third-order valence-electron chi connectivity index (χ3n) is 4.24. The lowest BCUT2D eigenvalue weighted by Gasteiger charge is -2.38. The summed E-state index contributed by atoms with van der Waals surface area (Å²) < 4.78 is 5.60. The quantitative estimate of drug-likeness (QED) is 0.768. The second kappa shape index (κ2) is 3.99. The van der Waals surface area contributed by atoms with Crippen LogP contribution in [0, 0.1) is 0 Å². The SMILES string of the molecule is c1cc2ccoc2c(N2CCN3CCCC3C2)n1. The van der Waals surface area contributed by atoms with E-state index < -0.39 is 0 Å². The van der Waals surface area contributed by atoms with Crippen LogP contribution in [0.15, 0.2) is 29.0 Å². The van der Waals surface area contributed by atoms with Crippen molar-refractivity contribution >= 4 is 16.8 Å². The predicted octanol–water partition coefficient (Wildman–Crippen LogP) is 2.11. The van der Waals surface area contributed by atoms with E-state index in [9.17, 15) is 0 Å². The van der Waals surface area contributed by atoms with E-state index in [1.807, 2.05) is 18.3 Å². The molecule has 2 aromatic rings. The second-order valence-electron chi connectivity index (χ2n) is 5.25. The molecule has 94 valence electrons. The third-order valence-corrected chi connectivity index (χ3v) is 4.24. The number of anilines is 1.